The molecular formula is C20H38N2+2. The minimum absolute atomic E-state index is 1.22. The van der Waals surface area contributed by atoms with E-state index in [0.29, 0.717) is 0 Å². The summed E-state index contributed by atoms with van der Waals surface area (Å²) in [6.07, 6.45) is 16.8. The fourth-order valence-electron chi connectivity index (χ4n) is 4.24. The van der Waals surface area contributed by atoms with Crippen LogP contribution in [0.15, 0.2) is 0 Å². The summed E-state index contributed by atoms with van der Waals surface area (Å²) in [5, 5.41) is 0. The van der Waals surface area contributed by atoms with Crippen molar-refractivity contribution in [1.82, 2.24) is 0 Å². The lowest BCUT2D eigenvalue weighted by Crippen LogP contribution is -2.26. The molecule has 0 fully saturated rings. The molecule has 0 aromatic rings. The van der Waals surface area contributed by atoms with E-state index in [1.807, 2.05) is 0 Å². The minimum atomic E-state index is 1.22. The first kappa shape index (κ1) is 17.7. The van der Waals surface area contributed by atoms with Crippen molar-refractivity contribution in [3.8, 4) is 0 Å². The van der Waals surface area contributed by atoms with E-state index in [1.54, 1.807) is 11.4 Å². The molecule has 22 heavy (non-hydrogen) atoms. The lowest BCUT2D eigenvalue weighted by Gasteiger charge is -2.15. The third-order valence-electron chi connectivity index (χ3n) is 5.63. The monoisotopic (exact) mass is 306 g/mol. The van der Waals surface area contributed by atoms with Crippen molar-refractivity contribution in [3.63, 3.8) is 0 Å². The smallest absolute Gasteiger partial charge is 0.152 e. The minimum Gasteiger partial charge on any atom is -0.237 e. The highest BCUT2D eigenvalue weighted by atomic mass is 15.0. The van der Waals surface area contributed by atoms with Gasteiger partial charge in [-0.25, -0.2) is 9.15 Å². The van der Waals surface area contributed by atoms with Crippen molar-refractivity contribution in [1.29, 1.82) is 0 Å². The fraction of sp³-hybridized carbons (Fsp3) is 0.900. The topological polar surface area (TPSA) is 6.02 Å². The van der Waals surface area contributed by atoms with E-state index in [2.05, 4.69) is 23.0 Å². The average molecular weight is 307 g/mol. The molecule has 0 aromatic carbocycles. The van der Waals surface area contributed by atoms with Gasteiger partial charge < -0.3 is 0 Å². The van der Waals surface area contributed by atoms with Crippen LogP contribution in [0.25, 0.3) is 0 Å². The number of hydrogen-bond acceptors (Lipinski definition) is 0. The molecule has 0 N–H and O–H groups in total. The largest absolute Gasteiger partial charge is 0.237 e. The molecule has 0 saturated heterocycles. The molecule has 0 unspecified atom stereocenters. The van der Waals surface area contributed by atoms with E-state index in [1.165, 1.54) is 103 Å². The maximum absolute atomic E-state index is 2.64. The van der Waals surface area contributed by atoms with Crippen LogP contribution in [0.4, 0.5) is 0 Å². The lowest BCUT2D eigenvalue weighted by molar-refractivity contribution is -0.531. The van der Waals surface area contributed by atoms with Crippen LogP contribution in [-0.2, 0) is 0 Å². The predicted octanol–water partition coefficient (Wildman–Crippen LogP) is 4.64. The van der Waals surface area contributed by atoms with Crippen LogP contribution >= 0.6 is 0 Å². The average Bonchev–Trinajstić information content (AvgIpc) is 2.58. The molecule has 0 aliphatic carbocycles. The third-order valence-corrected chi connectivity index (χ3v) is 5.63. The maximum Gasteiger partial charge on any atom is 0.152 e. The Hall–Kier alpha value is -0.660. The van der Waals surface area contributed by atoms with Crippen molar-refractivity contribution < 1.29 is 9.15 Å². The first-order chi connectivity index (χ1) is 10.8. The van der Waals surface area contributed by atoms with E-state index in [4.69, 9.17) is 0 Å². The number of rotatable bonds is 9. The second-order valence-electron chi connectivity index (χ2n) is 7.12. The molecule has 2 rings (SSSR count). The third kappa shape index (κ3) is 5.52. The molecule has 126 valence electrons. The molecule has 2 aliphatic heterocycles. The molecule has 0 atom stereocenters. The van der Waals surface area contributed by atoms with Gasteiger partial charge >= 0.3 is 0 Å². The summed E-state index contributed by atoms with van der Waals surface area (Å²) >= 11 is 0. The number of hydrogen-bond donors (Lipinski definition) is 0. The van der Waals surface area contributed by atoms with Gasteiger partial charge in [-0.05, 0) is 39.5 Å². The van der Waals surface area contributed by atoms with E-state index in [9.17, 15) is 0 Å². The summed E-state index contributed by atoms with van der Waals surface area (Å²) in [6.45, 7) is 9.70. The lowest BCUT2D eigenvalue weighted by atomic mass is 9.99. The van der Waals surface area contributed by atoms with Crippen LogP contribution in [0.3, 0.4) is 0 Å². The van der Waals surface area contributed by atoms with Crippen molar-refractivity contribution in [2.24, 2.45) is 0 Å². The van der Waals surface area contributed by atoms with Crippen molar-refractivity contribution in [3.05, 3.63) is 0 Å². The zero-order valence-electron chi connectivity index (χ0n) is 15.2. The van der Waals surface area contributed by atoms with Gasteiger partial charge in [-0.15, -0.1) is 0 Å². The summed E-state index contributed by atoms with van der Waals surface area (Å²) < 4.78 is 5.28. The number of nitrogens with zero attached hydrogens (tertiary/aromatic N) is 2. The normalized spacial score (nSPS) is 19.9. The summed E-state index contributed by atoms with van der Waals surface area (Å²) in [7, 11) is 0. The molecule has 0 saturated carbocycles. The zero-order chi connectivity index (χ0) is 15.6. The first-order valence-corrected chi connectivity index (χ1v) is 10.0. The Morgan fingerprint density at radius 2 is 1.09 bits per heavy atom. The Morgan fingerprint density at radius 3 is 1.50 bits per heavy atom. The standard InChI is InChI=1S/C20H38N2/c1-3-21-17-11-9-15-19(21)13-7-5-6-8-14-20-16-10-12-18-22(20)4-2/h3-18H2,1-2H3/q+2. The summed E-state index contributed by atoms with van der Waals surface area (Å²) in [5.41, 5.74) is 3.51. The molecule has 2 heterocycles. The maximum atomic E-state index is 2.64. The van der Waals surface area contributed by atoms with Crippen molar-refractivity contribution in [2.45, 2.75) is 90.9 Å². The van der Waals surface area contributed by atoms with E-state index < -0.39 is 0 Å². The Kier molecular flexibility index (Phi) is 8.18. The van der Waals surface area contributed by atoms with Gasteiger partial charge in [0, 0.05) is 38.5 Å². The van der Waals surface area contributed by atoms with E-state index >= 15 is 0 Å². The molecule has 0 aromatic heterocycles. The molecular weight excluding hydrogens is 268 g/mol. The zero-order valence-corrected chi connectivity index (χ0v) is 15.2. The highest BCUT2D eigenvalue weighted by molar-refractivity contribution is 5.80. The van der Waals surface area contributed by atoms with Crippen molar-refractivity contribution >= 4 is 11.4 Å². The van der Waals surface area contributed by atoms with Gasteiger partial charge in [-0.2, -0.15) is 0 Å². The molecule has 2 heteroatoms. The van der Waals surface area contributed by atoms with Gasteiger partial charge in [0.05, 0.1) is 0 Å². The fourth-order valence-corrected chi connectivity index (χ4v) is 4.24. The van der Waals surface area contributed by atoms with Crippen LogP contribution in [0.5, 0.6) is 0 Å². The van der Waals surface area contributed by atoms with Gasteiger partial charge in [0.2, 0.25) is 0 Å². The number of unbranched alkanes of at least 4 members (excludes halogenated alkanes) is 3. The summed E-state index contributed by atoms with van der Waals surface area (Å²) in [6, 6.07) is 0. The highest BCUT2D eigenvalue weighted by Gasteiger charge is 2.18. The van der Waals surface area contributed by atoms with Gasteiger partial charge in [0.15, 0.2) is 11.4 Å². The molecule has 2 aliphatic rings. The molecule has 0 spiro atoms. The van der Waals surface area contributed by atoms with Crippen LogP contribution < -0.4 is 0 Å². The molecule has 2 nitrogen and oxygen atoms in total. The van der Waals surface area contributed by atoms with Crippen LogP contribution in [0.1, 0.15) is 90.9 Å². The Bertz CT molecular complexity index is 355. The van der Waals surface area contributed by atoms with Crippen LogP contribution in [-0.4, -0.2) is 46.8 Å². The molecule has 0 radical (unpaired) electrons. The Morgan fingerprint density at radius 1 is 0.636 bits per heavy atom. The van der Waals surface area contributed by atoms with Gasteiger partial charge in [-0.3, -0.25) is 0 Å². The van der Waals surface area contributed by atoms with Crippen molar-refractivity contribution in [2.75, 3.05) is 26.2 Å². The Labute approximate surface area is 138 Å². The molecule has 0 amide bonds. The van der Waals surface area contributed by atoms with E-state index in [-0.39, 0.29) is 0 Å². The quantitative estimate of drug-likeness (QED) is 0.432. The van der Waals surface area contributed by atoms with Crippen LogP contribution in [0, 0.1) is 0 Å². The highest BCUT2D eigenvalue weighted by Crippen LogP contribution is 2.15. The predicted molar refractivity (Wildman–Crippen MR) is 96.8 cm³/mol. The summed E-state index contributed by atoms with van der Waals surface area (Å²) in [5.74, 6) is 0. The summed E-state index contributed by atoms with van der Waals surface area (Å²) in [4.78, 5) is 0. The van der Waals surface area contributed by atoms with Gasteiger partial charge in [-0.1, -0.05) is 12.8 Å². The van der Waals surface area contributed by atoms with Gasteiger partial charge in [0.25, 0.3) is 0 Å². The first-order valence-electron chi connectivity index (χ1n) is 10.0. The van der Waals surface area contributed by atoms with Gasteiger partial charge in [0.1, 0.15) is 26.2 Å². The SMILES string of the molecule is CC[N+]1=C(CCCCCCC2=[N+](CC)CCCC2)CCCC1. The molecule has 0 bridgehead atoms. The Balaban J connectivity index is 1.61. The van der Waals surface area contributed by atoms with Crippen LogP contribution in [0.2, 0.25) is 0 Å². The second-order valence-corrected chi connectivity index (χ2v) is 7.12. The second kappa shape index (κ2) is 10.2. The van der Waals surface area contributed by atoms with E-state index in [0.717, 1.165) is 0 Å².